The van der Waals surface area contributed by atoms with Crippen LogP contribution in [0.1, 0.15) is 131 Å². The second-order valence-corrected chi connectivity index (χ2v) is 21.8. The van der Waals surface area contributed by atoms with E-state index >= 15 is 0 Å². The second kappa shape index (κ2) is 25.5. The Labute approximate surface area is 434 Å². The van der Waals surface area contributed by atoms with Gasteiger partial charge in [0.15, 0.2) is 0 Å². The van der Waals surface area contributed by atoms with E-state index in [9.17, 15) is 38.4 Å². The molecule has 1 saturated heterocycles. The summed E-state index contributed by atoms with van der Waals surface area (Å²) in [5.74, 6) is -3.89. The van der Waals surface area contributed by atoms with Gasteiger partial charge in [-0.3, -0.25) is 38.4 Å². The first kappa shape index (κ1) is 57.5. The Bertz CT molecular complexity index is 2460. The molecule has 73 heavy (non-hydrogen) atoms. The van der Waals surface area contributed by atoms with E-state index in [-0.39, 0.29) is 61.5 Å². The van der Waals surface area contributed by atoms with E-state index in [1.807, 2.05) is 76.2 Å². The summed E-state index contributed by atoms with van der Waals surface area (Å²) < 4.78 is 1.20. The molecule has 5 rings (SSSR count). The van der Waals surface area contributed by atoms with Crippen LogP contribution in [0.4, 0.5) is 0 Å². The first-order valence-electron chi connectivity index (χ1n) is 25.1. The van der Waals surface area contributed by atoms with E-state index in [4.69, 9.17) is 11.8 Å². The lowest BCUT2D eigenvalue weighted by Crippen LogP contribution is -2.59. The largest absolute Gasteiger partial charge is 0.352 e. The van der Waals surface area contributed by atoms with Crippen LogP contribution in [-0.4, -0.2) is 127 Å². The predicted octanol–water partition coefficient (Wildman–Crippen LogP) is 3.82. The van der Waals surface area contributed by atoms with Crippen molar-refractivity contribution in [3.63, 3.8) is 0 Å². The molecule has 19 heteroatoms. The molecule has 18 nitrogen and oxygen atoms in total. The van der Waals surface area contributed by atoms with Gasteiger partial charge in [0.1, 0.15) is 30.2 Å². The van der Waals surface area contributed by atoms with E-state index in [2.05, 4.69) is 48.6 Å². The maximum Gasteiger partial charge on any atom is 0.251 e. The van der Waals surface area contributed by atoms with Gasteiger partial charge in [-0.25, -0.2) is 4.42 Å². The number of likely N-dealkylation sites (tertiary alicyclic amines) is 1. The lowest BCUT2D eigenvalue weighted by molar-refractivity contribution is -0.144. The van der Waals surface area contributed by atoms with Crippen LogP contribution in [0.3, 0.4) is 0 Å². The number of hydrogen-bond acceptors (Lipinski definition) is 10. The Morgan fingerprint density at radius 3 is 2.03 bits per heavy atom. The van der Waals surface area contributed by atoms with Crippen molar-refractivity contribution in [1.82, 2.24) is 51.9 Å². The molecule has 2 aliphatic rings. The molecule has 3 aromatic rings. The molecule has 1 heterocycles. The zero-order valence-electron chi connectivity index (χ0n) is 43.8. The van der Waals surface area contributed by atoms with Crippen molar-refractivity contribution in [2.24, 2.45) is 10.8 Å². The van der Waals surface area contributed by atoms with Gasteiger partial charge >= 0.3 is 0 Å². The normalized spacial score (nSPS) is 18.7. The van der Waals surface area contributed by atoms with Crippen molar-refractivity contribution in [3.8, 4) is 0 Å². The Hall–Kier alpha value is -6.37. The molecule has 0 spiro atoms. The lowest BCUT2D eigenvalue weighted by atomic mass is 9.85. The summed E-state index contributed by atoms with van der Waals surface area (Å²) in [5.41, 5.74) is 1.80. The second-order valence-electron chi connectivity index (χ2n) is 21.3. The van der Waals surface area contributed by atoms with Gasteiger partial charge in [0.2, 0.25) is 35.4 Å². The molecule has 396 valence electrons. The average molecular weight is 1030 g/mol. The number of amides is 8. The molecule has 0 bridgehead atoms. The van der Waals surface area contributed by atoms with E-state index in [0.717, 1.165) is 36.0 Å². The Kier molecular flexibility index (Phi) is 20.1. The molecule has 1 aliphatic carbocycles. The van der Waals surface area contributed by atoms with Gasteiger partial charge in [0.25, 0.3) is 11.8 Å². The fourth-order valence-corrected chi connectivity index (χ4v) is 9.15. The first-order valence-corrected chi connectivity index (χ1v) is 25.4. The number of nitrogens with zero attached hydrogens (tertiary/aromatic N) is 2. The van der Waals surface area contributed by atoms with Crippen LogP contribution in [0.2, 0.25) is 0 Å². The highest BCUT2D eigenvalue weighted by Crippen LogP contribution is 2.32. The molecule has 1 fully saturated rings. The van der Waals surface area contributed by atoms with Crippen LogP contribution in [0.5, 0.6) is 0 Å². The highest BCUT2D eigenvalue weighted by Gasteiger charge is 2.46. The third-order valence-electron chi connectivity index (χ3n) is 13.4. The molecule has 8 amide bonds. The Morgan fingerprint density at radius 1 is 0.740 bits per heavy atom. The zero-order valence-corrected chi connectivity index (χ0v) is 44.6. The molecule has 8 atom stereocenters. The molecule has 8 N–H and O–H groups in total. The zero-order chi connectivity index (χ0) is 53.8. The van der Waals surface area contributed by atoms with Gasteiger partial charge in [-0.15, -0.1) is 0 Å². The maximum absolute atomic E-state index is 14.5. The lowest BCUT2D eigenvalue weighted by Gasteiger charge is -2.36. The fraction of sp³-hybridized carbons (Fsp3) is 0.519. The van der Waals surface area contributed by atoms with Crippen LogP contribution < -0.4 is 42.5 Å². The van der Waals surface area contributed by atoms with Gasteiger partial charge in [-0.2, -0.15) is 0 Å². The summed E-state index contributed by atoms with van der Waals surface area (Å²) in [6, 6.07) is 17.0. The molecular weight excluding hydrogens is 952 g/mol. The van der Waals surface area contributed by atoms with Gasteiger partial charge in [-0.05, 0) is 110 Å². The van der Waals surface area contributed by atoms with Gasteiger partial charge in [-0.1, -0.05) is 102 Å². The quantitative estimate of drug-likeness (QED) is 0.0762. The monoisotopic (exact) mass is 1030 g/mol. The minimum Gasteiger partial charge on any atom is -0.352 e. The van der Waals surface area contributed by atoms with E-state index in [1.54, 1.807) is 46.9 Å². The van der Waals surface area contributed by atoms with E-state index < -0.39 is 88.6 Å². The molecular formula is C54H75ClN10O8. The summed E-state index contributed by atoms with van der Waals surface area (Å²) in [4.78, 5) is 112. The third-order valence-corrected chi connectivity index (χ3v) is 13.7. The van der Waals surface area contributed by atoms with Crippen LogP contribution in [0, 0.1) is 10.8 Å². The summed E-state index contributed by atoms with van der Waals surface area (Å²) in [5, 5.41) is 23.2. The van der Waals surface area contributed by atoms with Crippen molar-refractivity contribution in [1.29, 1.82) is 0 Å². The third kappa shape index (κ3) is 15.8. The van der Waals surface area contributed by atoms with Gasteiger partial charge in [0.05, 0.1) is 18.6 Å². The van der Waals surface area contributed by atoms with Crippen LogP contribution >= 0.6 is 11.8 Å². The Morgan fingerprint density at radius 2 is 1.38 bits per heavy atom. The number of carbonyl (C=O) groups excluding carboxylic acids is 8. The van der Waals surface area contributed by atoms with Crippen molar-refractivity contribution in [2.45, 2.75) is 136 Å². The smallest absolute Gasteiger partial charge is 0.251 e. The van der Waals surface area contributed by atoms with Crippen molar-refractivity contribution < 1.29 is 38.4 Å². The number of hydrogen-bond donors (Lipinski definition) is 8. The van der Waals surface area contributed by atoms with Crippen LogP contribution in [-0.2, 0) is 35.2 Å². The number of rotatable bonds is 20. The maximum atomic E-state index is 14.5. The molecule has 3 aromatic carbocycles. The van der Waals surface area contributed by atoms with E-state index in [0.29, 0.717) is 0 Å². The van der Waals surface area contributed by atoms with Crippen molar-refractivity contribution in [2.75, 3.05) is 33.7 Å². The SMILES string of the molecule is CNCC(=O)N[C@H](C(=O)N1C[C@@H](NC(=O)c2cccc(C(=O)NCC[C@H](NC(=O)[C@@H](NC(=O)[C@H](C)N(C)Cl)C(C)(C)C)C(=O)N[C@H](C)c3ccccc3)c2)C[C@H]1C(=O)N[C@@H]1CCCc2ccccc21)C(C)(C)C. The standard InChI is InChI=1S/C54H75ClN10O8/c1-32(34-18-12-11-13-19-34)58-49(70)41(61-51(72)44(53(3,4)5)63-46(67)33(2)64(10)55)26-27-57-47(68)36-22-16-23-37(28-36)48(69)59-38-29-42(50(71)60-40-25-17-21-35-20-14-15-24-39(35)40)65(31-38)52(73)45(54(6,7)8)62-43(66)30-56-9/h11-16,18-20,22-24,28,32-33,38,40-42,44-45,56H,17,21,25-27,29-31H2,1-10H3,(H,57,68)(H,58,70)(H,59,69)(H,60,71)(H,61,72)(H,62,66)(H,63,67)/t32-,33+,38+,40-,41+,42+,44-,45-/m1/s1. The summed E-state index contributed by atoms with van der Waals surface area (Å²) >= 11 is 6.04. The predicted molar refractivity (Wildman–Crippen MR) is 280 cm³/mol. The Balaban J connectivity index is 1.30. The van der Waals surface area contributed by atoms with Gasteiger partial charge < -0.3 is 47.4 Å². The molecule has 0 unspecified atom stereocenters. The number of aryl methyl sites for hydroxylation is 1. The number of halogens is 1. The number of nitrogens with one attached hydrogen (secondary N) is 8. The summed E-state index contributed by atoms with van der Waals surface area (Å²) in [7, 11) is 3.15. The first-order chi connectivity index (χ1) is 34.4. The van der Waals surface area contributed by atoms with Crippen molar-refractivity contribution >= 4 is 59.0 Å². The molecule has 0 saturated carbocycles. The number of carbonyl (C=O) groups is 8. The molecule has 0 radical (unpaired) electrons. The minimum atomic E-state index is -1.14. The molecule has 1 aliphatic heterocycles. The van der Waals surface area contributed by atoms with E-state index in [1.165, 1.54) is 28.5 Å². The molecule has 0 aromatic heterocycles. The van der Waals surface area contributed by atoms with Gasteiger partial charge in [0, 0.05) is 37.3 Å². The minimum absolute atomic E-state index is 0.0132. The topological polar surface area (TPSA) is 239 Å². The summed E-state index contributed by atoms with van der Waals surface area (Å²) in [6.45, 7) is 14.1. The van der Waals surface area contributed by atoms with Crippen molar-refractivity contribution in [3.05, 3.63) is 107 Å². The number of benzene rings is 3. The fourth-order valence-electron chi connectivity index (χ4n) is 9.06. The van der Waals surface area contributed by atoms with Crippen LogP contribution in [0.25, 0.3) is 0 Å². The average Bonchev–Trinajstić information content (AvgIpc) is 3.77. The highest BCUT2D eigenvalue weighted by molar-refractivity contribution is 6.14. The highest BCUT2D eigenvalue weighted by atomic mass is 35.5. The number of fused-ring (bicyclic) bond motifs is 1. The summed E-state index contributed by atoms with van der Waals surface area (Å²) in [6.07, 6.45) is 2.57. The number of likely N-dealkylation sites (N-methyl/N-ethyl adjacent to an activating group) is 2. The van der Waals surface area contributed by atoms with Crippen LogP contribution in [0.15, 0.2) is 78.9 Å².